The zero-order chi connectivity index (χ0) is 33.0. The molecule has 7 nitrogen and oxygen atoms in total. The standard InChI is InChI=1S/C37H51N3O4S/c1-8-9-10-11-14-20-40(35(42)32(19-21-45-7)39-36(43)44-37(4,5)6)33(30-23-26(2)22-27(3)24-30)34(41)38-31-18-17-28-15-12-13-16-29(28)25-31/h12-13,15-18,22-25,32-33H,8-11,14,19-21H2,1-7H3,(H,38,41)(H,39,43). The van der Waals surface area contributed by atoms with Crippen LogP contribution in [0.25, 0.3) is 10.8 Å². The lowest BCUT2D eigenvalue weighted by Gasteiger charge is -2.35. The quantitative estimate of drug-likeness (QED) is 0.164. The van der Waals surface area contributed by atoms with Crippen LogP contribution in [0.4, 0.5) is 10.5 Å². The van der Waals surface area contributed by atoms with Crippen LogP contribution in [0, 0.1) is 13.8 Å². The number of fused-ring (bicyclic) bond motifs is 1. The lowest BCUT2D eigenvalue weighted by Crippen LogP contribution is -2.52. The Kier molecular flexibility index (Phi) is 13.8. The molecule has 45 heavy (non-hydrogen) atoms. The Morgan fingerprint density at radius 1 is 0.889 bits per heavy atom. The highest BCUT2D eigenvalue weighted by atomic mass is 32.2. The van der Waals surface area contributed by atoms with Crippen LogP contribution in [0.5, 0.6) is 0 Å². The number of carbonyl (C=O) groups is 3. The highest BCUT2D eigenvalue weighted by Crippen LogP contribution is 2.28. The van der Waals surface area contributed by atoms with Crippen LogP contribution >= 0.6 is 11.8 Å². The lowest BCUT2D eigenvalue weighted by atomic mass is 9.97. The smallest absolute Gasteiger partial charge is 0.408 e. The first-order chi connectivity index (χ1) is 21.4. The second kappa shape index (κ2) is 17.2. The number of carbonyl (C=O) groups excluding carboxylic acids is 3. The van der Waals surface area contributed by atoms with Crippen molar-refractivity contribution in [3.63, 3.8) is 0 Å². The van der Waals surface area contributed by atoms with Crippen LogP contribution < -0.4 is 10.6 Å². The van der Waals surface area contributed by atoms with E-state index in [0.29, 0.717) is 24.4 Å². The average molecular weight is 634 g/mol. The van der Waals surface area contributed by atoms with Crippen molar-refractivity contribution >= 4 is 46.1 Å². The van der Waals surface area contributed by atoms with Crippen molar-refractivity contribution in [2.24, 2.45) is 0 Å². The molecule has 0 aliphatic heterocycles. The fraction of sp³-hybridized carbons (Fsp3) is 0.486. The number of aryl methyl sites for hydroxylation is 2. The summed E-state index contributed by atoms with van der Waals surface area (Å²) in [4.78, 5) is 43.5. The van der Waals surface area contributed by atoms with Gasteiger partial charge in [0.2, 0.25) is 5.91 Å². The van der Waals surface area contributed by atoms with Gasteiger partial charge in [0.15, 0.2) is 0 Å². The van der Waals surface area contributed by atoms with E-state index < -0.39 is 23.8 Å². The van der Waals surface area contributed by atoms with Gasteiger partial charge in [0.1, 0.15) is 17.7 Å². The minimum atomic E-state index is -0.897. The van der Waals surface area contributed by atoms with Crippen LogP contribution in [0.1, 0.15) is 89.0 Å². The van der Waals surface area contributed by atoms with Gasteiger partial charge in [-0.1, -0.05) is 92.3 Å². The number of anilines is 1. The van der Waals surface area contributed by atoms with Crippen LogP contribution in [-0.4, -0.2) is 53.0 Å². The van der Waals surface area contributed by atoms with Gasteiger partial charge < -0.3 is 20.3 Å². The maximum Gasteiger partial charge on any atom is 0.408 e. The Morgan fingerprint density at radius 2 is 1.56 bits per heavy atom. The summed E-state index contributed by atoms with van der Waals surface area (Å²) in [6, 6.07) is 18.1. The van der Waals surface area contributed by atoms with Gasteiger partial charge in [-0.2, -0.15) is 11.8 Å². The summed E-state index contributed by atoms with van der Waals surface area (Å²) in [5.41, 5.74) is 2.71. The van der Waals surface area contributed by atoms with E-state index >= 15 is 0 Å². The number of alkyl carbamates (subject to hydrolysis) is 1. The number of benzene rings is 3. The van der Waals surface area contributed by atoms with E-state index in [1.807, 2.05) is 74.7 Å². The molecule has 3 amide bonds. The molecule has 2 atom stereocenters. The third kappa shape index (κ3) is 11.4. The van der Waals surface area contributed by atoms with Crippen LogP contribution in [0.15, 0.2) is 60.7 Å². The first-order valence-corrected chi connectivity index (χ1v) is 17.5. The van der Waals surface area contributed by atoms with E-state index in [0.717, 1.165) is 59.6 Å². The Bertz CT molecular complexity index is 1410. The number of thioether (sulfide) groups is 1. The van der Waals surface area contributed by atoms with Gasteiger partial charge in [0.25, 0.3) is 5.91 Å². The van der Waals surface area contributed by atoms with E-state index in [4.69, 9.17) is 4.74 Å². The van der Waals surface area contributed by atoms with E-state index in [-0.39, 0.29) is 11.8 Å². The second-order valence-electron chi connectivity index (χ2n) is 12.8. The summed E-state index contributed by atoms with van der Waals surface area (Å²) < 4.78 is 5.53. The van der Waals surface area contributed by atoms with Gasteiger partial charge in [0, 0.05) is 12.2 Å². The van der Waals surface area contributed by atoms with Crippen molar-refractivity contribution in [3.05, 3.63) is 77.4 Å². The molecule has 0 saturated carbocycles. The molecule has 0 aromatic heterocycles. The fourth-order valence-electron chi connectivity index (χ4n) is 5.51. The van der Waals surface area contributed by atoms with Gasteiger partial charge in [-0.15, -0.1) is 0 Å². The number of nitrogens with zero attached hydrogens (tertiary/aromatic N) is 1. The normalized spacial score (nSPS) is 12.8. The summed E-state index contributed by atoms with van der Waals surface area (Å²) in [5, 5.41) is 8.06. The summed E-state index contributed by atoms with van der Waals surface area (Å²) in [7, 11) is 0. The molecular weight excluding hydrogens is 582 g/mol. The summed E-state index contributed by atoms with van der Waals surface area (Å²) >= 11 is 1.60. The number of hydrogen-bond acceptors (Lipinski definition) is 5. The molecular formula is C37H51N3O4S. The van der Waals surface area contributed by atoms with Crippen molar-refractivity contribution in [2.45, 2.75) is 97.8 Å². The van der Waals surface area contributed by atoms with Crippen LogP contribution in [0.3, 0.4) is 0 Å². The molecule has 2 unspecified atom stereocenters. The molecule has 2 N–H and O–H groups in total. The summed E-state index contributed by atoms with van der Waals surface area (Å²) in [5.74, 6) is 0.0786. The molecule has 0 spiro atoms. The Hall–Kier alpha value is -3.52. The van der Waals surface area contributed by atoms with Gasteiger partial charge >= 0.3 is 6.09 Å². The maximum absolute atomic E-state index is 14.6. The minimum Gasteiger partial charge on any atom is -0.444 e. The monoisotopic (exact) mass is 633 g/mol. The van der Waals surface area contributed by atoms with Gasteiger partial charge in [0.05, 0.1) is 0 Å². The predicted molar refractivity (Wildman–Crippen MR) is 188 cm³/mol. The molecule has 0 aliphatic rings. The number of unbranched alkanes of at least 4 members (excludes halogenated alkanes) is 4. The number of amides is 3. The van der Waals surface area contributed by atoms with E-state index in [1.54, 1.807) is 37.4 Å². The van der Waals surface area contributed by atoms with Gasteiger partial charge in [-0.25, -0.2) is 4.79 Å². The van der Waals surface area contributed by atoms with Crippen LogP contribution in [-0.2, 0) is 14.3 Å². The zero-order valence-corrected chi connectivity index (χ0v) is 28.9. The van der Waals surface area contributed by atoms with Crippen molar-refractivity contribution in [3.8, 4) is 0 Å². The predicted octanol–water partition coefficient (Wildman–Crippen LogP) is 8.58. The van der Waals surface area contributed by atoms with E-state index in [1.165, 1.54) is 0 Å². The highest BCUT2D eigenvalue weighted by Gasteiger charge is 2.36. The van der Waals surface area contributed by atoms with E-state index in [2.05, 4.69) is 23.6 Å². The molecule has 3 aromatic carbocycles. The Labute approximate surface area is 273 Å². The Morgan fingerprint density at radius 3 is 2.20 bits per heavy atom. The molecule has 0 radical (unpaired) electrons. The maximum atomic E-state index is 14.6. The van der Waals surface area contributed by atoms with Crippen molar-refractivity contribution in [1.82, 2.24) is 10.2 Å². The van der Waals surface area contributed by atoms with Gasteiger partial charge in [-0.05, 0) is 87.9 Å². The number of hydrogen-bond donors (Lipinski definition) is 2. The summed E-state index contributed by atoms with van der Waals surface area (Å²) in [6.45, 7) is 11.9. The van der Waals surface area contributed by atoms with Crippen molar-refractivity contribution in [1.29, 1.82) is 0 Å². The molecule has 3 aromatic rings. The number of ether oxygens (including phenoxy) is 1. The molecule has 0 fully saturated rings. The molecule has 0 aliphatic carbocycles. The third-order valence-electron chi connectivity index (χ3n) is 7.52. The van der Waals surface area contributed by atoms with Crippen molar-refractivity contribution in [2.75, 3.05) is 23.9 Å². The molecule has 244 valence electrons. The molecule has 0 bridgehead atoms. The van der Waals surface area contributed by atoms with E-state index in [9.17, 15) is 14.4 Å². The largest absolute Gasteiger partial charge is 0.444 e. The second-order valence-corrected chi connectivity index (χ2v) is 13.8. The lowest BCUT2D eigenvalue weighted by molar-refractivity contribution is -0.141. The first kappa shape index (κ1) is 36.0. The topological polar surface area (TPSA) is 87.7 Å². The van der Waals surface area contributed by atoms with Crippen LogP contribution in [0.2, 0.25) is 0 Å². The third-order valence-corrected chi connectivity index (χ3v) is 8.17. The highest BCUT2D eigenvalue weighted by molar-refractivity contribution is 7.98. The van der Waals surface area contributed by atoms with Crippen molar-refractivity contribution < 1.29 is 19.1 Å². The number of rotatable bonds is 15. The number of nitrogens with one attached hydrogen (secondary N) is 2. The SMILES string of the molecule is CCCCCCCN(C(=O)C(CCSC)NC(=O)OC(C)(C)C)C(C(=O)Nc1ccc2ccccc2c1)c1cc(C)cc(C)c1. The molecule has 8 heteroatoms. The molecule has 0 heterocycles. The van der Waals surface area contributed by atoms with Gasteiger partial charge in [-0.3, -0.25) is 9.59 Å². The zero-order valence-electron chi connectivity index (χ0n) is 28.1. The fourth-order valence-corrected chi connectivity index (χ4v) is 5.99. The molecule has 0 saturated heterocycles. The first-order valence-electron chi connectivity index (χ1n) is 16.1. The minimum absolute atomic E-state index is 0.289. The average Bonchev–Trinajstić information content (AvgIpc) is 2.96. The molecule has 3 rings (SSSR count). The Balaban J connectivity index is 2.05. The summed E-state index contributed by atoms with van der Waals surface area (Å²) in [6.07, 6.45) is 6.71.